The third-order valence-corrected chi connectivity index (χ3v) is 2.30. The molecule has 0 bridgehead atoms. The minimum absolute atomic E-state index is 0. The molecule has 18 heavy (non-hydrogen) atoms. The van der Waals surface area contributed by atoms with E-state index >= 15 is 0 Å². The first-order valence-electron chi connectivity index (χ1n) is 6.51. The van der Waals surface area contributed by atoms with Gasteiger partial charge in [-0.15, -0.1) is 24.0 Å². The summed E-state index contributed by atoms with van der Waals surface area (Å²) in [5, 5.41) is 5.74. The van der Waals surface area contributed by atoms with E-state index in [1.165, 1.54) is 19.3 Å². The van der Waals surface area contributed by atoms with Crippen LogP contribution in [0.3, 0.4) is 0 Å². The van der Waals surface area contributed by atoms with Gasteiger partial charge in [-0.1, -0.05) is 33.1 Å². The molecular formula is C12H27IN4O. The zero-order valence-electron chi connectivity index (χ0n) is 11.5. The van der Waals surface area contributed by atoms with Crippen molar-refractivity contribution in [1.82, 2.24) is 10.6 Å². The molecule has 0 rings (SSSR count). The summed E-state index contributed by atoms with van der Waals surface area (Å²) in [5.74, 6) is 0.274. The summed E-state index contributed by atoms with van der Waals surface area (Å²) < 4.78 is 0. The standard InChI is InChI=1S/C12H26N4O.HI/c1-3-5-6-7-9-15-12(13)16-10-11(17)14-8-4-2;/h3-10H2,1-2H3,(H,14,17)(H3,13,15,16);1H. The number of hydrogen-bond donors (Lipinski definition) is 3. The Morgan fingerprint density at radius 3 is 2.39 bits per heavy atom. The normalized spacial score (nSPS) is 10.7. The van der Waals surface area contributed by atoms with Crippen molar-refractivity contribution >= 4 is 35.8 Å². The average molecular weight is 370 g/mol. The number of aliphatic imine (C=N–C) groups is 1. The number of halogens is 1. The van der Waals surface area contributed by atoms with Crippen LogP contribution in [0, 0.1) is 0 Å². The highest BCUT2D eigenvalue weighted by Crippen LogP contribution is 1.96. The predicted octanol–water partition coefficient (Wildman–Crippen LogP) is 1.62. The number of rotatable bonds is 9. The van der Waals surface area contributed by atoms with Gasteiger partial charge in [0, 0.05) is 13.1 Å². The predicted molar refractivity (Wildman–Crippen MR) is 87.3 cm³/mol. The van der Waals surface area contributed by atoms with Gasteiger partial charge in [0.15, 0.2) is 5.96 Å². The number of carbonyl (C=O) groups is 1. The van der Waals surface area contributed by atoms with Gasteiger partial charge in [0.1, 0.15) is 6.54 Å². The van der Waals surface area contributed by atoms with Crippen LogP contribution in [-0.4, -0.2) is 31.5 Å². The van der Waals surface area contributed by atoms with E-state index in [1.807, 2.05) is 6.92 Å². The minimum atomic E-state index is -0.0809. The Morgan fingerprint density at radius 2 is 1.78 bits per heavy atom. The summed E-state index contributed by atoms with van der Waals surface area (Å²) in [6, 6.07) is 0. The van der Waals surface area contributed by atoms with Crippen molar-refractivity contribution in [1.29, 1.82) is 0 Å². The first kappa shape index (κ1) is 19.8. The molecule has 6 heteroatoms. The van der Waals surface area contributed by atoms with Crippen LogP contribution in [-0.2, 0) is 4.79 Å². The van der Waals surface area contributed by atoms with Crippen LogP contribution in [0.5, 0.6) is 0 Å². The molecule has 1 amide bonds. The molecule has 0 atom stereocenters. The molecule has 0 aromatic heterocycles. The largest absolute Gasteiger partial charge is 0.370 e. The summed E-state index contributed by atoms with van der Waals surface area (Å²) in [6.07, 6.45) is 5.69. The smallest absolute Gasteiger partial charge is 0.241 e. The Bertz CT molecular complexity index is 234. The summed E-state index contributed by atoms with van der Waals surface area (Å²) in [6.45, 7) is 5.81. The Balaban J connectivity index is 0. The van der Waals surface area contributed by atoms with Gasteiger partial charge in [-0.3, -0.25) is 4.79 Å². The van der Waals surface area contributed by atoms with Crippen molar-refractivity contribution in [3.63, 3.8) is 0 Å². The molecule has 0 saturated carbocycles. The topological polar surface area (TPSA) is 79.5 Å². The Kier molecular flexibility index (Phi) is 16.0. The highest BCUT2D eigenvalue weighted by atomic mass is 127. The van der Waals surface area contributed by atoms with Gasteiger partial charge in [-0.2, -0.15) is 0 Å². The van der Waals surface area contributed by atoms with Crippen molar-refractivity contribution in [2.75, 3.05) is 19.6 Å². The quantitative estimate of drug-likeness (QED) is 0.250. The van der Waals surface area contributed by atoms with Crippen LogP contribution in [0.25, 0.3) is 0 Å². The van der Waals surface area contributed by atoms with Crippen molar-refractivity contribution < 1.29 is 4.79 Å². The summed E-state index contributed by atoms with van der Waals surface area (Å²) in [5.41, 5.74) is 5.62. The molecule has 0 unspecified atom stereocenters. The lowest BCUT2D eigenvalue weighted by molar-refractivity contribution is -0.119. The Labute approximate surface area is 127 Å². The molecule has 0 aromatic carbocycles. The van der Waals surface area contributed by atoms with Gasteiger partial charge in [0.05, 0.1) is 0 Å². The molecule has 0 aliphatic heterocycles. The van der Waals surface area contributed by atoms with Gasteiger partial charge >= 0.3 is 0 Å². The van der Waals surface area contributed by atoms with E-state index in [1.54, 1.807) is 0 Å². The lowest BCUT2D eigenvalue weighted by Gasteiger charge is -2.05. The molecule has 0 aliphatic rings. The molecule has 0 aromatic rings. The van der Waals surface area contributed by atoms with E-state index < -0.39 is 0 Å². The molecule has 108 valence electrons. The van der Waals surface area contributed by atoms with Crippen molar-refractivity contribution in [3.05, 3.63) is 0 Å². The van der Waals surface area contributed by atoms with Crippen molar-refractivity contribution in [2.45, 2.75) is 46.0 Å². The summed E-state index contributed by atoms with van der Waals surface area (Å²) in [7, 11) is 0. The van der Waals surface area contributed by atoms with Crippen LogP contribution in [0.15, 0.2) is 4.99 Å². The second kappa shape index (κ2) is 14.5. The fourth-order valence-corrected chi connectivity index (χ4v) is 1.30. The Hall–Kier alpha value is -0.530. The number of hydrogen-bond acceptors (Lipinski definition) is 2. The highest BCUT2D eigenvalue weighted by molar-refractivity contribution is 14.0. The van der Waals surface area contributed by atoms with Crippen LogP contribution >= 0.6 is 24.0 Å². The number of nitrogens with two attached hydrogens (primary N) is 1. The van der Waals surface area contributed by atoms with Gasteiger partial charge < -0.3 is 16.4 Å². The molecule has 5 nitrogen and oxygen atoms in total. The van der Waals surface area contributed by atoms with Crippen LogP contribution in [0.2, 0.25) is 0 Å². The monoisotopic (exact) mass is 370 g/mol. The Morgan fingerprint density at radius 1 is 1.06 bits per heavy atom. The van der Waals surface area contributed by atoms with E-state index in [-0.39, 0.29) is 36.4 Å². The molecule has 0 aliphatic carbocycles. The molecule has 0 radical (unpaired) electrons. The molecule has 0 fully saturated rings. The second-order valence-corrected chi connectivity index (χ2v) is 4.04. The van der Waals surface area contributed by atoms with Crippen molar-refractivity contribution in [3.8, 4) is 0 Å². The lowest BCUT2D eigenvalue weighted by Crippen LogP contribution is -2.34. The fourth-order valence-electron chi connectivity index (χ4n) is 1.30. The van der Waals surface area contributed by atoms with Gasteiger partial charge in [-0.05, 0) is 12.8 Å². The van der Waals surface area contributed by atoms with E-state index in [9.17, 15) is 4.79 Å². The minimum Gasteiger partial charge on any atom is -0.370 e. The number of amides is 1. The number of nitrogens with zero attached hydrogens (tertiary/aromatic N) is 1. The van der Waals surface area contributed by atoms with E-state index in [0.717, 1.165) is 19.4 Å². The van der Waals surface area contributed by atoms with E-state index in [4.69, 9.17) is 5.73 Å². The zero-order valence-corrected chi connectivity index (χ0v) is 13.8. The van der Waals surface area contributed by atoms with Crippen LogP contribution < -0.4 is 16.4 Å². The summed E-state index contributed by atoms with van der Waals surface area (Å²) in [4.78, 5) is 15.2. The van der Waals surface area contributed by atoms with E-state index in [0.29, 0.717) is 12.5 Å². The number of nitrogens with one attached hydrogen (secondary N) is 2. The number of carbonyl (C=O) groups excluding carboxylic acids is 1. The first-order chi connectivity index (χ1) is 8.20. The highest BCUT2D eigenvalue weighted by Gasteiger charge is 1.98. The number of unbranched alkanes of at least 4 members (excludes halogenated alkanes) is 3. The fraction of sp³-hybridized carbons (Fsp3) is 0.833. The van der Waals surface area contributed by atoms with Crippen LogP contribution in [0.4, 0.5) is 0 Å². The first-order valence-corrected chi connectivity index (χ1v) is 6.51. The maximum atomic E-state index is 11.2. The van der Waals surface area contributed by atoms with Gasteiger partial charge in [0.25, 0.3) is 0 Å². The molecular weight excluding hydrogens is 343 g/mol. The van der Waals surface area contributed by atoms with E-state index in [2.05, 4.69) is 22.5 Å². The van der Waals surface area contributed by atoms with Gasteiger partial charge in [-0.25, -0.2) is 4.99 Å². The van der Waals surface area contributed by atoms with Crippen molar-refractivity contribution in [2.24, 2.45) is 10.7 Å². The summed E-state index contributed by atoms with van der Waals surface area (Å²) >= 11 is 0. The maximum absolute atomic E-state index is 11.2. The SMILES string of the molecule is CCCCCCNC(N)=NCC(=O)NCCC.I. The molecule has 4 N–H and O–H groups in total. The van der Waals surface area contributed by atoms with Gasteiger partial charge in [0.2, 0.25) is 5.91 Å². The molecule has 0 spiro atoms. The van der Waals surface area contributed by atoms with Crippen LogP contribution in [0.1, 0.15) is 46.0 Å². The maximum Gasteiger partial charge on any atom is 0.241 e. The third-order valence-electron chi connectivity index (χ3n) is 2.30. The lowest BCUT2D eigenvalue weighted by atomic mass is 10.2. The zero-order chi connectivity index (χ0) is 12.9. The number of guanidine groups is 1. The second-order valence-electron chi connectivity index (χ2n) is 4.04. The average Bonchev–Trinajstić information content (AvgIpc) is 2.33. The third kappa shape index (κ3) is 13.5. The molecule has 0 heterocycles. The molecule has 0 saturated heterocycles.